The molecule has 0 radical (unpaired) electrons. The van der Waals surface area contributed by atoms with Gasteiger partial charge in [0, 0.05) is 0 Å². The molecule has 0 aromatic carbocycles. The third-order valence-electron chi connectivity index (χ3n) is 4.59. The summed E-state index contributed by atoms with van der Waals surface area (Å²) in [5.41, 5.74) is -1.25. The number of carbonyl (C=O) groups is 4. The number of aliphatic hydroxyl groups is 4. The predicted molar refractivity (Wildman–Crippen MR) is 107 cm³/mol. The van der Waals surface area contributed by atoms with E-state index >= 15 is 0 Å². The number of allylic oxidation sites excluding steroid dienone is 8. The molecule has 0 bridgehead atoms. The highest BCUT2D eigenvalue weighted by molar-refractivity contribution is 6.33. The molecule has 0 saturated carbocycles. The van der Waals surface area contributed by atoms with Crippen molar-refractivity contribution in [1.82, 2.24) is 0 Å². The molecule has 2 aliphatic carbocycles. The second-order valence-electron chi connectivity index (χ2n) is 7.39. The van der Waals surface area contributed by atoms with Crippen LogP contribution < -0.4 is 0 Å². The number of hydrogen-bond donors (Lipinski definition) is 4. The molecule has 0 unspecified atom stereocenters. The normalized spacial score (nSPS) is 17.9. The van der Waals surface area contributed by atoms with Crippen molar-refractivity contribution in [3.8, 4) is 0 Å². The van der Waals surface area contributed by atoms with E-state index in [2.05, 4.69) is 0 Å². The molecule has 4 N–H and O–H groups in total. The second-order valence-corrected chi connectivity index (χ2v) is 7.39. The number of Topliss-reactive ketones (excluding diaryl/α,β-unsaturated/α-hetero) is 4. The first-order chi connectivity index (χ1) is 13.9. The van der Waals surface area contributed by atoms with Crippen molar-refractivity contribution < 1.29 is 39.6 Å². The summed E-state index contributed by atoms with van der Waals surface area (Å²) in [7, 11) is 0. The van der Waals surface area contributed by atoms with E-state index in [-0.39, 0.29) is 24.0 Å². The van der Waals surface area contributed by atoms with Gasteiger partial charge in [-0.1, -0.05) is 23.3 Å². The van der Waals surface area contributed by atoms with Crippen molar-refractivity contribution >= 4 is 23.1 Å². The molecule has 30 heavy (non-hydrogen) atoms. The van der Waals surface area contributed by atoms with Gasteiger partial charge in [-0.3, -0.25) is 19.2 Å². The lowest BCUT2D eigenvalue weighted by molar-refractivity contribution is -0.122. The summed E-state index contributed by atoms with van der Waals surface area (Å²) in [5.74, 6) is -9.29. The molecule has 0 heterocycles. The van der Waals surface area contributed by atoms with Crippen molar-refractivity contribution in [2.45, 2.75) is 40.5 Å². The van der Waals surface area contributed by atoms with Crippen LogP contribution in [0.4, 0.5) is 0 Å². The Kier molecular flexibility index (Phi) is 6.30. The quantitative estimate of drug-likeness (QED) is 0.396. The summed E-state index contributed by atoms with van der Waals surface area (Å²) in [6, 6.07) is 0. The van der Waals surface area contributed by atoms with E-state index in [1.165, 1.54) is 0 Å². The average molecular weight is 414 g/mol. The topological polar surface area (TPSA) is 149 Å². The Balaban J connectivity index is 2.59. The highest BCUT2D eigenvalue weighted by Crippen LogP contribution is 2.35. The zero-order valence-electron chi connectivity index (χ0n) is 17.0. The largest absolute Gasteiger partial charge is 0.504 e. The molecule has 2 aliphatic rings. The third-order valence-corrected chi connectivity index (χ3v) is 4.59. The Morgan fingerprint density at radius 3 is 1.13 bits per heavy atom. The molecule has 0 aromatic rings. The van der Waals surface area contributed by atoms with Crippen LogP contribution in [0.25, 0.3) is 0 Å². The standard InChI is InChI=1S/C22H22O8/c1-9(2)5-7-11-15(23)19(27)13(20(28)16(11)24)14-21(29)17(25)12(8-6-10(3)4)18(26)22(14)30/h5-6,23,25,28,30H,7-8H2,1-4H3. The summed E-state index contributed by atoms with van der Waals surface area (Å²) in [5, 5.41) is 41.0. The highest BCUT2D eigenvalue weighted by atomic mass is 16.3. The molecule has 0 fully saturated rings. The fraction of sp³-hybridized carbons (Fsp3) is 0.273. The Labute approximate surface area is 172 Å². The molecular weight excluding hydrogens is 392 g/mol. The van der Waals surface area contributed by atoms with Crippen LogP contribution in [0.3, 0.4) is 0 Å². The minimum absolute atomic E-state index is 0.147. The molecule has 0 amide bonds. The maximum atomic E-state index is 12.6. The summed E-state index contributed by atoms with van der Waals surface area (Å²) in [6.45, 7) is 6.91. The van der Waals surface area contributed by atoms with Crippen LogP contribution in [0.15, 0.2) is 68.6 Å². The number of aliphatic hydroxyl groups excluding tert-OH is 4. The first-order valence-electron chi connectivity index (χ1n) is 9.06. The van der Waals surface area contributed by atoms with Crippen LogP contribution >= 0.6 is 0 Å². The van der Waals surface area contributed by atoms with Crippen LogP contribution in [0.5, 0.6) is 0 Å². The summed E-state index contributed by atoms with van der Waals surface area (Å²) in [6.07, 6.45) is 2.80. The van der Waals surface area contributed by atoms with Gasteiger partial charge in [0.25, 0.3) is 0 Å². The van der Waals surface area contributed by atoms with Crippen LogP contribution in [-0.4, -0.2) is 43.6 Å². The fourth-order valence-electron chi connectivity index (χ4n) is 2.91. The molecule has 0 atom stereocenters. The number of ketones is 4. The van der Waals surface area contributed by atoms with E-state index in [1.54, 1.807) is 39.8 Å². The van der Waals surface area contributed by atoms with Crippen molar-refractivity contribution in [2.75, 3.05) is 0 Å². The fourth-order valence-corrected chi connectivity index (χ4v) is 2.91. The van der Waals surface area contributed by atoms with Crippen LogP contribution in [0.2, 0.25) is 0 Å². The van der Waals surface area contributed by atoms with Gasteiger partial charge in [0.2, 0.25) is 23.1 Å². The second kappa shape index (κ2) is 8.36. The first kappa shape index (κ1) is 22.6. The van der Waals surface area contributed by atoms with Gasteiger partial charge in [0.15, 0.2) is 23.0 Å². The van der Waals surface area contributed by atoms with Gasteiger partial charge in [0.05, 0.1) is 22.3 Å². The molecule has 0 saturated heterocycles. The average Bonchev–Trinajstić information content (AvgIpc) is 2.67. The van der Waals surface area contributed by atoms with E-state index in [0.717, 1.165) is 11.1 Å². The van der Waals surface area contributed by atoms with E-state index in [0.29, 0.717) is 0 Å². The SMILES string of the molecule is CC(C)=CCC1=C(O)C(=O)C(C2=C(O)C(=O)C(CC=C(C)C)=C(O)C2=O)=C(O)C1=O. The number of rotatable bonds is 5. The molecule has 0 aliphatic heterocycles. The number of carbonyl (C=O) groups excluding carboxylic acids is 4. The maximum Gasteiger partial charge on any atom is 0.232 e. The van der Waals surface area contributed by atoms with Crippen LogP contribution in [-0.2, 0) is 19.2 Å². The smallest absolute Gasteiger partial charge is 0.232 e. The number of hydrogen-bond acceptors (Lipinski definition) is 8. The molecule has 8 heteroatoms. The van der Waals surface area contributed by atoms with Gasteiger partial charge in [-0.15, -0.1) is 0 Å². The van der Waals surface area contributed by atoms with E-state index in [1.807, 2.05) is 0 Å². The Morgan fingerprint density at radius 1 is 0.567 bits per heavy atom. The molecule has 0 spiro atoms. The van der Waals surface area contributed by atoms with Gasteiger partial charge in [0.1, 0.15) is 0 Å². The van der Waals surface area contributed by atoms with E-state index in [4.69, 9.17) is 0 Å². The lowest BCUT2D eigenvalue weighted by Gasteiger charge is -2.22. The summed E-state index contributed by atoms with van der Waals surface area (Å²) < 4.78 is 0. The van der Waals surface area contributed by atoms with Gasteiger partial charge >= 0.3 is 0 Å². The van der Waals surface area contributed by atoms with Gasteiger partial charge in [-0.2, -0.15) is 0 Å². The molecule has 0 aromatic heterocycles. The van der Waals surface area contributed by atoms with Crippen LogP contribution in [0.1, 0.15) is 40.5 Å². The minimum Gasteiger partial charge on any atom is -0.504 e. The zero-order valence-corrected chi connectivity index (χ0v) is 17.0. The summed E-state index contributed by atoms with van der Waals surface area (Å²) in [4.78, 5) is 50.2. The molecule has 8 nitrogen and oxygen atoms in total. The predicted octanol–water partition coefficient (Wildman–Crippen LogP) is 3.25. The van der Waals surface area contributed by atoms with Gasteiger partial charge in [-0.25, -0.2) is 0 Å². The molecule has 158 valence electrons. The van der Waals surface area contributed by atoms with E-state index in [9.17, 15) is 39.6 Å². The van der Waals surface area contributed by atoms with Crippen molar-refractivity contribution in [3.63, 3.8) is 0 Å². The van der Waals surface area contributed by atoms with Gasteiger partial charge in [-0.05, 0) is 40.5 Å². The first-order valence-corrected chi connectivity index (χ1v) is 9.06. The lowest BCUT2D eigenvalue weighted by atomic mass is 9.81. The molecular formula is C22H22O8. The highest BCUT2D eigenvalue weighted by Gasteiger charge is 2.44. The van der Waals surface area contributed by atoms with Crippen LogP contribution in [0, 0.1) is 0 Å². The Hall–Kier alpha value is -3.68. The van der Waals surface area contributed by atoms with E-state index < -0.39 is 57.3 Å². The van der Waals surface area contributed by atoms with Gasteiger partial charge < -0.3 is 20.4 Å². The zero-order chi connectivity index (χ0) is 22.9. The Bertz CT molecular complexity index is 976. The molecule has 2 rings (SSSR count). The Morgan fingerprint density at radius 2 is 0.867 bits per heavy atom. The van der Waals surface area contributed by atoms with Crippen molar-refractivity contribution in [3.05, 3.63) is 68.6 Å². The third kappa shape index (κ3) is 3.89. The maximum absolute atomic E-state index is 12.6. The monoisotopic (exact) mass is 414 g/mol. The minimum atomic E-state index is -1.31. The van der Waals surface area contributed by atoms with Crippen molar-refractivity contribution in [1.29, 1.82) is 0 Å². The van der Waals surface area contributed by atoms with Crippen molar-refractivity contribution in [2.24, 2.45) is 0 Å². The lowest BCUT2D eigenvalue weighted by Crippen LogP contribution is -2.32. The summed E-state index contributed by atoms with van der Waals surface area (Å²) >= 11 is 0.